The Morgan fingerprint density at radius 1 is 1.43 bits per heavy atom. The molecule has 0 spiro atoms. The topological polar surface area (TPSA) is 128 Å². The number of carbonyl (C=O) groups excluding carboxylic acids is 2. The van der Waals surface area contributed by atoms with Gasteiger partial charge in [-0.05, 0) is 31.9 Å². The van der Waals surface area contributed by atoms with Crippen LogP contribution in [0.5, 0.6) is 0 Å². The van der Waals surface area contributed by atoms with Crippen LogP contribution in [0.15, 0.2) is 17.8 Å². The molecule has 0 bridgehead atoms. The van der Waals surface area contributed by atoms with Crippen molar-refractivity contribution < 1.29 is 23.8 Å². The molecule has 1 aromatic rings. The molecular formula is C19H28N6O5. The van der Waals surface area contributed by atoms with Gasteiger partial charge in [0.1, 0.15) is 24.1 Å². The minimum absolute atomic E-state index is 0.112. The van der Waals surface area contributed by atoms with E-state index >= 15 is 0 Å². The van der Waals surface area contributed by atoms with Gasteiger partial charge in [-0.2, -0.15) is 5.10 Å². The van der Waals surface area contributed by atoms with Crippen molar-refractivity contribution in [2.45, 2.75) is 56.7 Å². The molecule has 1 aromatic heterocycles. The van der Waals surface area contributed by atoms with Crippen LogP contribution >= 0.6 is 0 Å². The Morgan fingerprint density at radius 3 is 2.97 bits per heavy atom. The number of amides is 2. The van der Waals surface area contributed by atoms with Gasteiger partial charge in [-0.25, -0.2) is 10.2 Å². The quantitative estimate of drug-likeness (QED) is 0.487. The maximum absolute atomic E-state index is 12.6. The molecule has 30 heavy (non-hydrogen) atoms. The van der Waals surface area contributed by atoms with Gasteiger partial charge < -0.3 is 30.3 Å². The Kier molecular flexibility index (Phi) is 5.67. The molecule has 3 heterocycles. The molecule has 3 aliphatic rings. The standard InChI is InChI=1S/C19H28N6O5/c1-19(4-5-19)21-18(27)30-12-7-15(29-10-12)13-8-16(23-22-13)20-17(26)14-6-11(9-28-3)24-25(14)2/h6,8,12,15-16,22-23H,4-5,7,9-10H2,1-3H3,(H,20,26)(H,21,27). The molecule has 3 atom stereocenters. The van der Waals surface area contributed by atoms with E-state index < -0.39 is 12.3 Å². The number of hydrazine groups is 1. The van der Waals surface area contributed by atoms with Crippen LogP contribution in [-0.4, -0.2) is 59.4 Å². The molecule has 1 saturated heterocycles. The zero-order chi connectivity index (χ0) is 21.3. The highest BCUT2D eigenvalue weighted by Gasteiger charge is 2.40. The third-order valence-electron chi connectivity index (χ3n) is 5.44. The lowest BCUT2D eigenvalue weighted by molar-refractivity contribution is 0.0732. The first-order valence-electron chi connectivity index (χ1n) is 10.0. The summed E-state index contributed by atoms with van der Waals surface area (Å²) in [6.07, 6.45) is 3.01. The summed E-state index contributed by atoms with van der Waals surface area (Å²) in [4.78, 5) is 24.5. The molecule has 11 nitrogen and oxygen atoms in total. The molecule has 2 fully saturated rings. The molecular weight excluding hydrogens is 392 g/mol. The number of hydrogen-bond donors (Lipinski definition) is 4. The molecule has 11 heteroatoms. The lowest BCUT2D eigenvalue weighted by atomic mass is 10.1. The summed E-state index contributed by atoms with van der Waals surface area (Å²) in [7, 11) is 3.29. The number of rotatable bonds is 7. The summed E-state index contributed by atoms with van der Waals surface area (Å²) < 4.78 is 17.8. The first-order valence-corrected chi connectivity index (χ1v) is 10.0. The number of ether oxygens (including phenoxy) is 3. The van der Waals surface area contributed by atoms with Crippen molar-refractivity contribution in [3.05, 3.63) is 29.2 Å². The lowest BCUT2D eigenvalue weighted by Crippen LogP contribution is -2.45. The van der Waals surface area contributed by atoms with Crippen molar-refractivity contribution in [3.8, 4) is 0 Å². The van der Waals surface area contributed by atoms with Gasteiger partial charge >= 0.3 is 6.09 Å². The first kappa shape index (κ1) is 20.6. The van der Waals surface area contributed by atoms with Gasteiger partial charge in [-0.3, -0.25) is 9.48 Å². The van der Waals surface area contributed by atoms with E-state index in [1.54, 1.807) is 20.2 Å². The van der Waals surface area contributed by atoms with Crippen molar-refractivity contribution in [2.75, 3.05) is 13.7 Å². The van der Waals surface area contributed by atoms with E-state index in [1.165, 1.54) is 4.68 Å². The Hall–Kier alpha value is -2.63. The minimum Gasteiger partial charge on any atom is -0.444 e. The maximum Gasteiger partial charge on any atom is 0.407 e. The van der Waals surface area contributed by atoms with Gasteiger partial charge in [0.25, 0.3) is 5.91 Å². The maximum atomic E-state index is 12.6. The number of carbonyl (C=O) groups is 2. The van der Waals surface area contributed by atoms with E-state index in [1.807, 2.05) is 13.0 Å². The average molecular weight is 420 g/mol. The molecule has 4 N–H and O–H groups in total. The lowest BCUT2D eigenvalue weighted by Gasteiger charge is -2.15. The smallest absolute Gasteiger partial charge is 0.407 e. The third kappa shape index (κ3) is 4.74. The van der Waals surface area contributed by atoms with E-state index in [2.05, 4.69) is 26.6 Å². The fourth-order valence-corrected chi connectivity index (χ4v) is 3.50. The summed E-state index contributed by atoms with van der Waals surface area (Å²) in [6.45, 7) is 2.68. The Morgan fingerprint density at radius 2 is 2.23 bits per heavy atom. The van der Waals surface area contributed by atoms with Crippen molar-refractivity contribution in [1.29, 1.82) is 0 Å². The van der Waals surface area contributed by atoms with Gasteiger partial charge in [0.2, 0.25) is 0 Å². The SMILES string of the molecule is COCc1cc(C(=O)NC2C=C(C3CC(OC(=O)NC4(C)CC4)CO3)NN2)n(C)n1. The van der Waals surface area contributed by atoms with Crippen molar-refractivity contribution in [3.63, 3.8) is 0 Å². The van der Waals surface area contributed by atoms with Gasteiger partial charge in [0.15, 0.2) is 0 Å². The summed E-state index contributed by atoms with van der Waals surface area (Å²) in [5.41, 5.74) is 7.85. The van der Waals surface area contributed by atoms with Crippen molar-refractivity contribution in [2.24, 2.45) is 7.05 Å². The second kappa shape index (κ2) is 8.25. The van der Waals surface area contributed by atoms with Crippen LogP contribution in [0, 0.1) is 0 Å². The number of nitrogens with zero attached hydrogens (tertiary/aromatic N) is 2. The predicted octanol–water partition coefficient (Wildman–Crippen LogP) is 0.0503. The van der Waals surface area contributed by atoms with Crippen LogP contribution in [-0.2, 0) is 27.9 Å². The zero-order valence-corrected chi connectivity index (χ0v) is 17.4. The van der Waals surface area contributed by atoms with Gasteiger partial charge in [-0.1, -0.05) is 0 Å². The number of nitrogens with one attached hydrogen (secondary N) is 4. The molecule has 164 valence electrons. The van der Waals surface area contributed by atoms with Gasteiger partial charge in [-0.15, -0.1) is 0 Å². The summed E-state index contributed by atoms with van der Waals surface area (Å²) >= 11 is 0. The second-order valence-corrected chi connectivity index (χ2v) is 8.19. The molecule has 2 aliphatic heterocycles. The zero-order valence-electron chi connectivity index (χ0n) is 17.4. The van der Waals surface area contributed by atoms with Gasteiger partial charge in [0, 0.05) is 26.1 Å². The van der Waals surface area contributed by atoms with Crippen molar-refractivity contribution >= 4 is 12.0 Å². The van der Waals surface area contributed by atoms with Crippen LogP contribution < -0.4 is 21.5 Å². The molecule has 3 unspecified atom stereocenters. The largest absolute Gasteiger partial charge is 0.444 e. The second-order valence-electron chi connectivity index (χ2n) is 8.19. The molecule has 4 rings (SSSR count). The summed E-state index contributed by atoms with van der Waals surface area (Å²) in [5.74, 6) is -0.261. The third-order valence-corrected chi connectivity index (χ3v) is 5.44. The predicted molar refractivity (Wildman–Crippen MR) is 105 cm³/mol. The molecule has 2 amide bonds. The molecule has 1 saturated carbocycles. The van der Waals surface area contributed by atoms with Crippen molar-refractivity contribution in [1.82, 2.24) is 31.3 Å². The highest BCUT2D eigenvalue weighted by molar-refractivity contribution is 5.93. The normalized spacial score (nSPS) is 26.6. The van der Waals surface area contributed by atoms with Crippen LogP contribution in [0.2, 0.25) is 0 Å². The van der Waals surface area contributed by atoms with E-state index in [0.29, 0.717) is 31.0 Å². The van der Waals surface area contributed by atoms with E-state index in [9.17, 15) is 9.59 Å². The van der Waals surface area contributed by atoms with Gasteiger partial charge in [0.05, 0.1) is 24.6 Å². The number of hydrogen-bond acceptors (Lipinski definition) is 8. The fourth-order valence-electron chi connectivity index (χ4n) is 3.50. The van der Waals surface area contributed by atoms with E-state index in [4.69, 9.17) is 14.2 Å². The Labute approximate surface area is 174 Å². The molecule has 0 radical (unpaired) electrons. The highest BCUT2D eigenvalue weighted by atomic mass is 16.6. The molecule has 0 aromatic carbocycles. The summed E-state index contributed by atoms with van der Waals surface area (Å²) in [5, 5.41) is 10.0. The van der Waals surface area contributed by atoms with Crippen LogP contribution in [0.25, 0.3) is 0 Å². The first-order chi connectivity index (χ1) is 14.3. The Balaban J connectivity index is 1.27. The van der Waals surface area contributed by atoms with E-state index in [-0.39, 0.29) is 23.7 Å². The monoisotopic (exact) mass is 420 g/mol. The number of methoxy groups -OCH3 is 1. The average Bonchev–Trinajstić information content (AvgIpc) is 3.09. The van der Waals surface area contributed by atoms with Crippen LogP contribution in [0.3, 0.4) is 0 Å². The number of alkyl carbamates (subject to hydrolysis) is 1. The minimum atomic E-state index is -0.407. The highest BCUT2D eigenvalue weighted by Crippen LogP contribution is 2.34. The van der Waals surface area contributed by atoms with Crippen LogP contribution in [0.4, 0.5) is 4.79 Å². The van der Waals surface area contributed by atoms with Crippen LogP contribution in [0.1, 0.15) is 42.4 Å². The summed E-state index contributed by atoms with van der Waals surface area (Å²) in [6, 6.07) is 1.70. The number of aromatic nitrogens is 2. The number of aryl methyl sites for hydroxylation is 1. The Bertz CT molecular complexity index is 848. The molecule has 1 aliphatic carbocycles. The fraction of sp³-hybridized carbons (Fsp3) is 0.632. The van der Waals surface area contributed by atoms with E-state index in [0.717, 1.165) is 18.5 Å².